The first-order chi connectivity index (χ1) is 18.8. The zero-order chi connectivity index (χ0) is 29.4. The Morgan fingerprint density at radius 2 is 1.50 bits per heavy atom. The van der Waals surface area contributed by atoms with Gasteiger partial charge in [-0.3, -0.25) is 42.5 Å². The van der Waals surface area contributed by atoms with E-state index in [9.17, 15) is 47.3 Å². The van der Waals surface area contributed by atoms with Crippen LogP contribution in [0.4, 0.5) is 8.78 Å². The molecule has 7 atom stereocenters. The Hall–Kier alpha value is -3.32. The van der Waals surface area contributed by atoms with E-state index in [1.165, 1.54) is 0 Å². The standard InChI is InChI=1S/C20H23F2N4O13P/c1-8(28)36-11-2-15(25-4-9(21)17(29)23-19(25)31)38-14(11)7-35-40(33,34)39-12-3-16(37-13(12)6-27)26-5-10(22)18(30)24-20(26)32/h4-5,11-16,27H,2-3,6-7H2,1H3,(H,33,34)(H,23,29,31)(H,24,30,32)/t11?,12-,13+,14-,15-,16-/m1/s1. The van der Waals surface area contributed by atoms with Crippen LogP contribution in [0.25, 0.3) is 0 Å². The number of phosphoric ester groups is 1. The van der Waals surface area contributed by atoms with Crippen molar-refractivity contribution >= 4 is 13.8 Å². The normalized spacial score (nSPS) is 27.9. The highest BCUT2D eigenvalue weighted by molar-refractivity contribution is 7.47. The minimum absolute atomic E-state index is 0.217. The monoisotopic (exact) mass is 596 g/mol. The van der Waals surface area contributed by atoms with Crippen molar-refractivity contribution in [2.75, 3.05) is 13.2 Å². The minimum atomic E-state index is -4.98. The predicted octanol–water partition coefficient (Wildman–Crippen LogP) is -1.63. The third-order valence-corrected chi connectivity index (χ3v) is 7.01. The van der Waals surface area contributed by atoms with Gasteiger partial charge in [0.2, 0.25) is 11.6 Å². The number of nitrogens with zero attached hydrogens (tertiary/aromatic N) is 2. The maximum absolute atomic E-state index is 13.7. The summed E-state index contributed by atoms with van der Waals surface area (Å²) >= 11 is 0. The van der Waals surface area contributed by atoms with E-state index in [1.807, 2.05) is 0 Å². The number of nitrogens with one attached hydrogen (secondary N) is 2. The number of rotatable bonds is 9. The first-order valence-electron chi connectivity index (χ1n) is 11.5. The molecular formula is C20H23F2N4O13P. The van der Waals surface area contributed by atoms with Crippen LogP contribution in [0.1, 0.15) is 32.2 Å². The number of esters is 1. The van der Waals surface area contributed by atoms with Crippen LogP contribution < -0.4 is 22.5 Å². The zero-order valence-corrected chi connectivity index (χ0v) is 21.3. The molecule has 2 saturated heterocycles. The molecule has 4 rings (SSSR count). The van der Waals surface area contributed by atoms with Crippen molar-refractivity contribution in [3.63, 3.8) is 0 Å². The van der Waals surface area contributed by atoms with E-state index >= 15 is 0 Å². The van der Waals surface area contributed by atoms with Crippen molar-refractivity contribution in [1.82, 2.24) is 19.1 Å². The molecule has 2 fully saturated rings. The highest BCUT2D eigenvalue weighted by Gasteiger charge is 2.44. The number of aromatic nitrogens is 4. The lowest BCUT2D eigenvalue weighted by Crippen LogP contribution is -2.34. The molecule has 0 radical (unpaired) electrons. The highest BCUT2D eigenvalue weighted by Crippen LogP contribution is 2.49. The van der Waals surface area contributed by atoms with Crippen LogP contribution in [0, 0.1) is 11.6 Å². The second-order valence-electron chi connectivity index (χ2n) is 8.76. The summed E-state index contributed by atoms with van der Waals surface area (Å²) in [5.41, 5.74) is -4.59. The number of hydrogen-bond donors (Lipinski definition) is 4. The van der Waals surface area contributed by atoms with Gasteiger partial charge >= 0.3 is 25.2 Å². The number of phosphoric acid groups is 1. The number of carbonyl (C=O) groups excluding carboxylic acids is 1. The summed E-state index contributed by atoms with van der Waals surface area (Å²) in [6.45, 7) is -0.412. The molecule has 4 N–H and O–H groups in total. The molecule has 0 aromatic carbocycles. The quantitative estimate of drug-likeness (QED) is 0.188. The Balaban J connectivity index is 1.44. The highest BCUT2D eigenvalue weighted by atomic mass is 31.2. The van der Waals surface area contributed by atoms with Gasteiger partial charge in [-0.25, -0.2) is 14.2 Å². The number of aliphatic hydroxyl groups is 1. The topological polar surface area (TPSA) is 230 Å². The van der Waals surface area contributed by atoms with Gasteiger partial charge in [-0.2, -0.15) is 8.78 Å². The molecule has 0 bridgehead atoms. The molecule has 220 valence electrons. The van der Waals surface area contributed by atoms with Gasteiger partial charge < -0.3 is 24.2 Å². The fourth-order valence-corrected chi connectivity index (χ4v) is 5.18. The van der Waals surface area contributed by atoms with Crippen LogP contribution in [0.2, 0.25) is 0 Å². The molecule has 2 unspecified atom stereocenters. The molecule has 17 nitrogen and oxygen atoms in total. The number of ether oxygens (including phenoxy) is 3. The lowest BCUT2D eigenvalue weighted by molar-refractivity contribution is -0.150. The zero-order valence-electron chi connectivity index (χ0n) is 20.4. The Morgan fingerprint density at radius 1 is 1.00 bits per heavy atom. The Kier molecular flexibility index (Phi) is 8.64. The van der Waals surface area contributed by atoms with E-state index in [2.05, 4.69) is 0 Å². The summed E-state index contributed by atoms with van der Waals surface area (Å²) in [6, 6.07) is 0. The fourth-order valence-electron chi connectivity index (χ4n) is 4.22. The number of hydrogen-bond acceptors (Lipinski definition) is 12. The molecule has 2 aliphatic heterocycles. The molecule has 0 amide bonds. The number of aromatic amines is 2. The van der Waals surface area contributed by atoms with E-state index in [0.29, 0.717) is 21.5 Å². The van der Waals surface area contributed by atoms with Gasteiger partial charge in [0.25, 0.3) is 11.1 Å². The molecule has 0 spiro atoms. The Bertz CT molecular complexity index is 1550. The molecule has 40 heavy (non-hydrogen) atoms. The predicted molar refractivity (Wildman–Crippen MR) is 123 cm³/mol. The molecule has 2 aliphatic rings. The summed E-state index contributed by atoms with van der Waals surface area (Å²) < 4.78 is 67.6. The van der Waals surface area contributed by atoms with Crippen LogP contribution in [0.5, 0.6) is 0 Å². The van der Waals surface area contributed by atoms with Gasteiger partial charge in [0.1, 0.15) is 36.9 Å². The van der Waals surface area contributed by atoms with Crippen molar-refractivity contribution in [3.8, 4) is 0 Å². The van der Waals surface area contributed by atoms with Crippen molar-refractivity contribution in [1.29, 1.82) is 0 Å². The summed E-state index contributed by atoms with van der Waals surface area (Å²) in [4.78, 5) is 72.0. The molecule has 20 heteroatoms. The third-order valence-electron chi connectivity index (χ3n) is 6.00. The van der Waals surface area contributed by atoms with Crippen molar-refractivity contribution in [2.24, 2.45) is 0 Å². The van der Waals surface area contributed by atoms with Crippen molar-refractivity contribution in [3.05, 3.63) is 65.7 Å². The second kappa shape index (κ2) is 11.7. The molecule has 0 aliphatic carbocycles. The number of aliphatic hydroxyl groups excluding tert-OH is 1. The van der Waals surface area contributed by atoms with Gasteiger partial charge in [-0.15, -0.1) is 0 Å². The first-order valence-corrected chi connectivity index (χ1v) is 13.0. The SMILES string of the molecule is CC(=O)OC1C[C@H](n2cc(F)c(=O)[nH]c2=O)O[C@@H]1COP(=O)(O)O[C@@H]1C[C@H](n2cc(F)c(=O)[nH]c2=O)O[C@H]1CO. The number of halogens is 2. The summed E-state index contributed by atoms with van der Waals surface area (Å²) in [6.07, 6.45) is -6.95. The molecule has 2 aromatic heterocycles. The van der Waals surface area contributed by atoms with E-state index in [-0.39, 0.29) is 12.8 Å². The van der Waals surface area contributed by atoms with E-state index in [0.717, 1.165) is 6.92 Å². The van der Waals surface area contributed by atoms with Gasteiger partial charge in [0.05, 0.1) is 25.6 Å². The molecular weight excluding hydrogens is 573 g/mol. The smallest absolute Gasteiger partial charge is 0.460 e. The fraction of sp³-hybridized carbons (Fsp3) is 0.550. The van der Waals surface area contributed by atoms with Crippen LogP contribution in [-0.4, -0.2) is 72.7 Å². The van der Waals surface area contributed by atoms with Crippen LogP contribution >= 0.6 is 7.82 Å². The van der Waals surface area contributed by atoms with E-state index in [4.69, 9.17) is 23.3 Å². The van der Waals surface area contributed by atoms with Crippen LogP contribution in [-0.2, 0) is 32.6 Å². The molecule has 2 aromatic rings. The van der Waals surface area contributed by atoms with Gasteiger partial charge in [-0.1, -0.05) is 0 Å². The molecule has 0 saturated carbocycles. The molecule has 4 heterocycles. The average Bonchev–Trinajstić information content (AvgIpc) is 3.45. The van der Waals surface area contributed by atoms with Gasteiger partial charge in [0, 0.05) is 19.8 Å². The lowest BCUT2D eigenvalue weighted by atomic mass is 10.2. The second-order valence-corrected chi connectivity index (χ2v) is 10.2. The van der Waals surface area contributed by atoms with E-state index in [1.54, 1.807) is 9.97 Å². The minimum Gasteiger partial charge on any atom is -0.460 e. The maximum Gasteiger partial charge on any atom is 0.472 e. The summed E-state index contributed by atoms with van der Waals surface area (Å²) in [7, 11) is -4.98. The lowest BCUT2D eigenvalue weighted by Gasteiger charge is -2.22. The van der Waals surface area contributed by atoms with Gasteiger partial charge in [0.15, 0.2) is 0 Å². The summed E-state index contributed by atoms with van der Waals surface area (Å²) in [5.74, 6) is -3.35. The van der Waals surface area contributed by atoms with Crippen molar-refractivity contribution in [2.45, 2.75) is 56.6 Å². The Labute approximate surface area is 220 Å². The summed E-state index contributed by atoms with van der Waals surface area (Å²) in [5, 5.41) is 9.60. The van der Waals surface area contributed by atoms with E-state index < -0.39 is 98.0 Å². The van der Waals surface area contributed by atoms with Crippen molar-refractivity contribution < 1.29 is 51.4 Å². The van der Waals surface area contributed by atoms with Gasteiger partial charge in [-0.05, 0) is 0 Å². The van der Waals surface area contributed by atoms with Crippen LogP contribution in [0.3, 0.4) is 0 Å². The maximum atomic E-state index is 13.7. The first kappa shape index (κ1) is 29.7. The average molecular weight is 596 g/mol. The third kappa shape index (κ3) is 6.52. The van der Waals surface area contributed by atoms with Crippen LogP contribution in [0.15, 0.2) is 31.6 Å². The number of H-pyrrole nitrogens is 2. The Morgan fingerprint density at radius 3 is 2.00 bits per heavy atom. The largest absolute Gasteiger partial charge is 0.472 e. The number of carbonyl (C=O) groups is 1.